The first-order chi connectivity index (χ1) is 7.24. The second kappa shape index (κ2) is 5.98. The largest absolute Gasteiger partial charge is 0.478 e. The van der Waals surface area contributed by atoms with Crippen LogP contribution in [0.4, 0.5) is 0 Å². The molecule has 0 bridgehead atoms. The molecule has 3 nitrogen and oxygen atoms in total. The Kier molecular flexibility index (Phi) is 4.57. The summed E-state index contributed by atoms with van der Waals surface area (Å²) in [5.74, 6) is -0.887. The van der Waals surface area contributed by atoms with Crippen molar-refractivity contribution >= 4 is 12.0 Å². The fraction of sp³-hybridized carbons (Fsp3) is 0.250. The molecule has 0 aliphatic carbocycles. The van der Waals surface area contributed by atoms with E-state index in [1.807, 2.05) is 19.1 Å². The van der Waals surface area contributed by atoms with E-state index in [1.165, 1.54) is 0 Å². The van der Waals surface area contributed by atoms with Crippen molar-refractivity contribution in [2.45, 2.75) is 6.92 Å². The van der Waals surface area contributed by atoms with Crippen LogP contribution in [0.1, 0.15) is 22.8 Å². The van der Waals surface area contributed by atoms with Gasteiger partial charge in [-0.25, -0.2) is 4.79 Å². The summed E-state index contributed by atoms with van der Waals surface area (Å²) in [5, 5.41) is 8.59. The van der Waals surface area contributed by atoms with E-state index in [1.54, 1.807) is 24.3 Å². The van der Waals surface area contributed by atoms with Gasteiger partial charge in [-0.3, -0.25) is 0 Å². The van der Waals surface area contributed by atoms with E-state index < -0.39 is 5.97 Å². The fourth-order valence-corrected chi connectivity index (χ4v) is 0.929. The summed E-state index contributed by atoms with van der Waals surface area (Å²) in [4.78, 5) is 10.5. The highest BCUT2D eigenvalue weighted by molar-refractivity contribution is 5.87. The van der Waals surface area contributed by atoms with Crippen molar-refractivity contribution in [1.82, 2.24) is 0 Å². The lowest BCUT2D eigenvalue weighted by Crippen LogP contribution is -1.94. The van der Waals surface area contributed by atoms with Gasteiger partial charge in [0.1, 0.15) is 0 Å². The average molecular weight is 206 g/mol. The molecule has 1 fully saturated rings. The first-order valence-electron chi connectivity index (χ1n) is 4.78. The predicted molar refractivity (Wildman–Crippen MR) is 58.9 cm³/mol. The lowest BCUT2D eigenvalue weighted by molar-refractivity contribution is 0.0697. The van der Waals surface area contributed by atoms with Crippen LogP contribution in [0.15, 0.2) is 30.3 Å². The molecule has 0 unspecified atom stereocenters. The lowest BCUT2D eigenvalue weighted by atomic mass is 10.1. The maximum atomic E-state index is 10.5. The normalized spacial score (nSPS) is 13.1. The number of aromatic carboxylic acids is 1. The minimum absolute atomic E-state index is 0.322. The van der Waals surface area contributed by atoms with Crippen LogP contribution in [-0.2, 0) is 4.74 Å². The summed E-state index contributed by atoms with van der Waals surface area (Å²) in [5.41, 5.74) is 1.34. The van der Waals surface area contributed by atoms with Gasteiger partial charge >= 0.3 is 5.97 Å². The first-order valence-corrected chi connectivity index (χ1v) is 4.78. The van der Waals surface area contributed by atoms with Crippen LogP contribution in [-0.4, -0.2) is 24.3 Å². The molecule has 3 heteroatoms. The van der Waals surface area contributed by atoms with Crippen molar-refractivity contribution in [2.24, 2.45) is 0 Å². The van der Waals surface area contributed by atoms with E-state index in [2.05, 4.69) is 4.74 Å². The van der Waals surface area contributed by atoms with E-state index in [4.69, 9.17) is 5.11 Å². The van der Waals surface area contributed by atoms with E-state index in [9.17, 15) is 4.79 Å². The summed E-state index contributed by atoms with van der Waals surface area (Å²) >= 11 is 0. The molecule has 0 spiro atoms. The summed E-state index contributed by atoms with van der Waals surface area (Å²) in [6.07, 6.45) is 3.83. The molecule has 0 aromatic heterocycles. The third-order valence-electron chi connectivity index (χ3n) is 1.72. The monoisotopic (exact) mass is 206 g/mol. The minimum Gasteiger partial charge on any atom is -0.478 e. The number of rotatable bonds is 2. The number of epoxide rings is 1. The molecule has 80 valence electrons. The molecular weight excluding hydrogens is 192 g/mol. The topological polar surface area (TPSA) is 49.8 Å². The van der Waals surface area contributed by atoms with Crippen molar-refractivity contribution in [2.75, 3.05) is 13.2 Å². The predicted octanol–water partition coefficient (Wildman–Crippen LogP) is 2.43. The standard InChI is InChI=1S/C10H10O2.C2H4O/c1-2-3-8-4-6-9(7-5-8)10(11)12;1-2-3-1/h2-7H,1H3,(H,11,12);1-2H2. The Morgan fingerprint density at radius 3 is 2.20 bits per heavy atom. The molecule has 1 aliphatic heterocycles. The van der Waals surface area contributed by atoms with Crippen LogP contribution < -0.4 is 0 Å². The number of hydrogen-bond donors (Lipinski definition) is 1. The van der Waals surface area contributed by atoms with Crippen molar-refractivity contribution in [3.63, 3.8) is 0 Å². The van der Waals surface area contributed by atoms with Gasteiger partial charge < -0.3 is 9.84 Å². The molecule has 0 saturated carbocycles. The van der Waals surface area contributed by atoms with Gasteiger partial charge in [0, 0.05) is 0 Å². The summed E-state index contributed by atoms with van der Waals surface area (Å²) in [6.45, 7) is 3.92. The Morgan fingerprint density at radius 1 is 1.33 bits per heavy atom. The highest BCUT2D eigenvalue weighted by atomic mass is 16.6. The molecule has 2 rings (SSSR count). The number of carboxylic acids is 1. The second-order valence-electron chi connectivity index (χ2n) is 3.04. The molecule has 1 aromatic carbocycles. The van der Waals surface area contributed by atoms with Crippen LogP contribution in [0.3, 0.4) is 0 Å². The van der Waals surface area contributed by atoms with E-state index in [0.29, 0.717) is 5.56 Å². The molecule has 0 amide bonds. The Labute approximate surface area is 89.0 Å². The molecule has 0 radical (unpaired) electrons. The maximum Gasteiger partial charge on any atom is 0.335 e. The molecule has 0 atom stereocenters. The van der Waals surface area contributed by atoms with Crippen LogP contribution in [0.25, 0.3) is 6.08 Å². The Bertz CT molecular complexity index is 334. The third kappa shape index (κ3) is 4.98. The smallest absolute Gasteiger partial charge is 0.335 e. The zero-order valence-electron chi connectivity index (χ0n) is 8.64. The fourth-order valence-electron chi connectivity index (χ4n) is 0.929. The number of carbonyl (C=O) groups is 1. The highest BCUT2D eigenvalue weighted by Gasteiger charge is 1.99. The maximum absolute atomic E-state index is 10.5. The van der Waals surface area contributed by atoms with Crippen LogP contribution in [0, 0.1) is 0 Å². The first kappa shape index (κ1) is 11.5. The van der Waals surface area contributed by atoms with Crippen LogP contribution in [0.5, 0.6) is 0 Å². The molecule has 1 N–H and O–H groups in total. The van der Waals surface area contributed by atoms with Gasteiger partial charge in [-0.2, -0.15) is 0 Å². The van der Waals surface area contributed by atoms with Gasteiger partial charge in [-0.15, -0.1) is 0 Å². The number of carboxylic acid groups (broad SMARTS) is 1. The summed E-state index contributed by atoms with van der Waals surface area (Å²) < 4.78 is 4.50. The second-order valence-corrected chi connectivity index (χ2v) is 3.04. The SMILES string of the molecule is C1CO1.CC=Cc1ccc(C(=O)O)cc1. The minimum atomic E-state index is -0.887. The number of ether oxygens (including phenoxy) is 1. The van der Waals surface area contributed by atoms with Gasteiger partial charge in [-0.1, -0.05) is 24.3 Å². The van der Waals surface area contributed by atoms with Crippen molar-refractivity contribution < 1.29 is 14.6 Å². The van der Waals surface area contributed by atoms with Gasteiger partial charge in [-0.05, 0) is 24.6 Å². The van der Waals surface area contributed by atoms with Gasteiger partial charge in [0.25, 0.3) is 0 Å². The molecule has 1 aliphatic rings. The molecular formula is C12H14O3. The number of benzene rings is 1. The van der Waals surface area contributed by atoms with Crippen molar-refractivity contribution in [3.05, 3.63) is 41.5 Å². The zero-order valence-corrected chi connectivity index (χ0v) is 8.64. The lowest BCUT2D eigenvalue weighted by Gasteiger charge is -1.94. The van der Waals surface area contributed by atoms with E-state index >= 15 is 0 Å². The molecule has 1 aromatic rings. The van der Waals surface area contributed by atoms with Gasteiger partial charge in [0.15, 0.2) is 0 Å². The Balaban J connectivity index is 0.000000319. The van der Waals surface area contributed by atoms with Crippen molar-refractivity contribution in [3.8, 4) is 0 Å². The summed E-state index contributed by atoms with van der Waals surface area (Å²) in [6, 6.07) is 6.75. The van der Waals surface area contributed by atoms with E-state index in [0.717, 1.165) is 18.8 Å². The molecule has 15 heavy (non-hydrogen) atoms. The van der Waals surface area contributed by atoms with Crippen LogP contribution >= 0.6 is 0 Å². The highest BCUT2D eigenvalue weighted by Crippen LogP contribution is 2.05. The third-order valence-corrected chi connectivity index (χ3v) is 1.72. The Hall–Kier alpha value is -1.61. The zero-order chi connectivity index (χ0) is 11.1. The Morgan fingerprint density at radius 2 is 1.87 bits per heavy atom. The van der Waals surface area contributed by atoms with Crippen LogP contribution in [0.2, 0.25) is 0 Å². The average Bonchev–Trinajstić information content (AvgIpc) is 3.06. The quantitative estimate of drug-likeness (QED) is 0.756. The van der Waals surface area contributed by atoms with Gasteiger partial charge in [0.2, 0.25) is 0 Å². The summed E-state index contributed by atoms with van der Waals surface area (Å²) in [7, 11) is 0. The van der Waals surface area contributed by atoms with E-state index in [-0.39, 0.29) is 0 Å². The molecule has 1 heterocycles. The van der Waals surface area contributed by atoms with Crippen molar-refractivity contribution in [1.29, 1.82) is 0 Å². The van der Waals surface area contributed by atoms with Gasteiger partial charge in [0.05, 0.1) is 18.8 Å². The molecule has 1 saturated heterocycles. The number of allylic oxidation sites excluding steroid dienone is 1. The number of hydrogen-bond acceptors (Lipinski definition) is 2.